The van der Waals surface area contributed by atoms with Crippen LogP contribution in [0, 0.1) is 32.7 Å². The van der Waals surface area contributed by atoms with Gasteiger partial charge in [0.2, 0.25) is 6.71 Å². The Bertz CT molecular complexity index is 2600. The van der Waals surface area contributed by atoms with Gasteiger partial charge >= 0.3 is 0 Å². The summed E-state index contributed by atoms with van der Waals surface area (Å²) in [7, 11) is 0. The third-order valence-corrected chi connectivity index (χ3v) is 8.36. The van der Waals surface area contributed by atoms with E-state index in [0.717, 1.165) is 39.2 Å². The minimum atomic E-state index is -2.29. The molecule has 4 heterocycles. The zero-order valence-corrected chi connectivity index (χ0v) is 28.2. The predicted octanol–water partition coefficient (Wildman–Crippen LogP) is 8.41. The van der Waals surface area contributed by atoms with Gasteiger partial charge in [0.05, 0.1) is 0 Å². The summed E-state index contributed by atoms with van der Waals surface area (Å²) in [6.45, 7) is -6.70. The van der Waals surface area contributed by atoms with E-state index >= 15 is 0 Å². The maximum Gasteiger partial charge on any atom is 0.241 e. The van der Waals surface area contributed by atoms with E-state index in [1.807, 2.05) is 78.9 Å². The summed E-state index contributed by atoms with van der Waals surface area (Å²) in [5.74, 6) is 3.05. The molecule has 0 atom stereocenters. The van der Waals surface area contributed by atoms with E-state index in [1.54, 1.807) is 24.3 Å². The van der Waals surface area contributed by atoms with Crippen LogP contribution in [0.15, 0.2) is 134 Å². The SMILES string of the molecule is [2H]C([2H])([2H])c1c[c-]c(-c2cc(-c3ccccc3)c(C([2H])([2H])[2H])cn2)cc1.[2H]C([2H])([2H])c1ccc(-c2[c-]ccc3c2Oc2cccc4c2B3c2ccccc2O4)nc1.[Ir]. The molecule has 0 saturated heterocycles. The average molecular weight is 820 g/mol. The number of nitrogens with zero attached hydrogens (tertiary/aromatic N) is 2. The van der Waals surface area contributed by atoms with Crippen LogP contribution in [0.2, 0.25) is 0 Å². The normalized spacial score (nSPS) is 15.2. The van der Waals surface area contributed by atoms with Gasteiger partial charge < -0.3 is 19.4 Å². The topological polar surface area (TPSA) is 44.2 Å². The maximum absolute atomic E-state index is 7.76. The van der Waals surface area contributed by atoms with Crippen LogP contribution in [0.3, 0.4) is 0 Å². The molecule has 49 heavy (non-hydrogen) atoms. The molecular weight excluding hydrogens is 780 g/mol. The van der Waals surface area contributed by atoms with Gasteiger partial charge in [-0.15, -0.1) is 59.1 Å². The van der Waals surface area contributed by atoms with Crippen molar-refractivity contribution < 1.29 is 41.9 Å². The van der Waals surface area contributed by atoms with E-state index in [4.69, 9.17) is 21.8 Å². The molecular formula is C43H31BIrN2O2-2. The van der Waals surface area contributed by atoms with Crippen molar-refractivity contribution in [1.29, 1.82) is 0 Å². The second-order valence-electron chi connectivity index (χ2n) is 11.4. The summed E-state index contributed by atoms with van der Waals surface area (Å²) >= 11 is 0. The summed E-state index contributed by atoms with van der Waals surface area (Å²) in [5.41, 5.74) is 7.48. The molecule has 2 aliphatic rings. The number of para-hydroxylation sites is 1. The van der Waals surface area contributed by atoms with Crippen LogP contribution in [-0.2, 0) is 20.1 Å². The monoisotopic (exact) mass is 820 g/mol. The number of aryl methyl sites for hydroxylation is 3. The van der Waals surface area contributed by atoms with Gasteiger partial charge in [0.25, 0.3) is 0 Å². The Kier molecular flexibility index (Phi) is 6.46. The van der Waals surface area contributed by atoms with Crippen LogP contribution in [0.5, 0.6) is 23.0 Å². The van der Waals surface area contributed by atoms with Crippen LogP contribution < -0.4 is 25.9 Å². The molecule has 0 saturated carbocycles. The van der Waals surface area contributed by atoms with Gasteiger partial charge in [0.1, 0.15) is 17.2 Å². The minimum Gasteiger partial charge on any atom is -0.503 e. The van der Waals surface area contributed by atoms with Crippen molar-refractivity contribution in [3.63, 3.8) is 0 Å². The Morgan fingerprint density at radius 2 is 1.43 bits per heavy atom. The quantitative estimate of drug-likeness (QED) is 0.133. The summed E-state index contributed by atoms with van der Waals surface area (Å²) in [4.78, 5) is 8.67. The van der Waals surface area contributed by atoms with Gasteiger partial charge in [-0.05, 0) is 71.0 Å². The molecule has 0 spiro atoms. The summed E-state index contributed by atoms with van der Waals surface area (Å²) < 4.78 is 80.8. The number of pyridine rings is 2. The Balaban J connectivity index is 0.000000177. The first-order valence-corrected chi connectivity index (χ1v) is 15.3. The molecule has 9 rings (SSSR count). The molecule has 0 amide bonds. The Morgan fingerprint density at radius 3 is 2.20 bits per heavy atom. The van der Waals surface area contributed by atoms with E-state index in [9.17, 15) is 0 Å². The molecule has 6 heteroatoms. The van der Waals surface area contributed by atoms with Crippen molar-refractivity contribution in [2.75, 3.05) is 0 Å². The predicted molar refractivity (Wildman–Crippen MR) is 194 cm³/mol. The molecule has 2 aromatic heterocycles. The molecule has 0 bridgehead atoms. The smallest absolute Gasteiger partial charge is 0.241 e. The van der Waals surface area contributed by atoms with Crippen molar-refractivity contribution in [1.82, 2.24) is 9.97 Å². The van der Waals surface area contributed by atoms with Crippen LogP contribution in [0.4, 0.5) is 0 Å². The fourth-order valence-electron chi connectivity index (χ4n) is 6.12. The maximum atomic E-state index is 7.76. The van der Waals surface area contributed by atoms with E-state index < -0.39 is 20.6 Å². The second kappa shape index (κ2) is 13.7. The average Bonchev–Trinajstić information content (AvgIpc) is 3.20. The standard InChI is InChI=1S/C24H15BNO2.C19H16N.Ir/c1-15-12-13-19(26-14-15)16-6-4-8-18-24(16)28-22-11-5-10-21-23(22)25(18)17-7-2-3-9-20(17)27-21;1-14-8-10-17(11-9-14)19-12-18(15(2)13-20-19)16-6-4-3-5-7-16;/h2-5,7-14H,1H3;3-10,12-13H,1-2H3;/q2*-1;/i1D3;1D3,2D3;. The summed E-state index contributed by atoms with van der Waals surface area (Å²) in [5, 5.41) is 0. The molecule has 239 valence electrons. The Labute approximate surface area is 313 Å². The van der Waals surface area contributed by atoms with Crippen LogP contribution in [0.1, 0.15) is 29.0 Å². The largest absolute Gasteiger partial charge is 0.503 e. The first-order chi connectivity index (χ1) is 27.2. The van der Waals surface area contributed by atoms with E-state index in [0.29, 0.717) is 33.8 Å². The van der Waals surface area contributed by atoms with Crippen LogP contribution >= 0.6 is 0 Å². The van der Waals surface area contributed by atoms with Gasteiger partial charge in [-0.25, -0.2) is 0 Å². The molecule has 4 nitrogen and oxygen atoms in total. The van der Waals surface area contributed by atoms with Crippen molar-refractivity contribution >= 4 is 23.1 Å². The van der Waals surface area contributed by atoms with Gasteiger partial charge in [-0.3, -0.25) is 0 Å². The van der Waals surface area contributed by atoms with Crippen molar-refractivity contribution in [3.8, 4) is 56.6 Å². The number of benzene rings is 5. The van der Waals surface area contributed by atoms with Crippen LogP contribution in [-0.4, -0.2) is 16.7 Å². The first kappa shape index (κ1) is 23.1. The first-order valence-electron chi connectivity index (χ1n) is 19.8. The number of rotatable bonds is 3. The fraction of sp³-hybridized carbons (Fsp3) is 0.0698. The molecule has 0 fully saturated rings. The molecule has 2 aliphatic heterocycles. The van der Waals surface area contributed by atoms with E-state index in [-0.39, 0.29) is 43.5 Å². The number of hydrogen-bond donors (Lipinski definition) is 0. The fourth-order valence-corrected chi connectivity index (χ4v) is 6.12. The Hall–Kier alpha value is -5.29. The van der Waals surface area contributed by atoms with Gasteiger partial charge in [-0.1, -0.05) is 85.2 Å². The van der Waals surface area contributed by atoms with Gasteiger partial charge in [-0.2, -0.15) is 0 Å². The van der Waals surface area contributed by atoms with Gasteiger partial charge in [0.15, 0.2) is 0 Å². The van der Waals surface area contributed by atoms with Crippen molar-refractivity contribution in [2.45, 2.75) is 20.6 Å². The van der Waals surface area contributed by atoms with E-state index in [1.165, 1.54) is 24.5 Å². The third kappa shape index (κ3) is 6.22. The summed E-state index contributed by atoms with van der Waals surface area (Å²) in [6.07, 6.45) is 2.75. The molecule has 1 radical (unpaired) electrons. The number of ether oxygens (including phenoxy) is 2. The third-order valence-electron chi connectivity index (χ3n) is 8.36. The van der Waals surface area contributed by atoms with E-state index in [2.05, 4.69) is 28.2 Å². The molecule has 0 N–H and O–H groups in total. The molecule has 0 unspecified atom stereocenters. The number of hydrogen-bond acceptors (Lipinski definition) is 4. The number of aromatic nitrogens is 2. The minimum absolute atomic E-state index is 0. The Morgan fingerprint density at radius 1 is 0.653 bits per heavy atom. The van der Waals surface area contributed by atoms with Crippen LogP contribution in [0.25, 0.3) is 33.6 Å². The second-order valence-corrected chi connectivity index (χ2v) is 11.4. The number of fused-ring (bicyclic) bond motifs is 4. The molecule has 0 aliphatic carbocycles. The zero-order valence-electron chi connectivity index (χ0n) is 34.8. The van der Waals surface area contributed by atoms with Crippen molar-refractivity contribution in [2.24, 2.45) is 0 Å². The molecule has 7 aromatic rings. The van der Waals surface area contributed by atoms with Gasteiger partial charge in [0, 0.05) is 56.0 Å². The zero-order chi connectivity index (χ0) is 40.1. The van der Waals surface area contributed by atoms with Crippen molar-refractivity contribution in [3.05, 3.63) is 163 Å². The summed E-state index contributed by atoms with van der Waals surface area (Å²) in [6, 6.07) is 42.7. The molecule has 5 aromatic carbocycles.